The average molecular weight is 799 g/mol. The van der Waals surface area contributed by atoms with Gasteiger partial charge in [0.1, 0.15) is 12.7 Å². The monoisotopic (exact) mass is 799 g/mol. The Morgan fingerprint density at radius 3 is 1.75 bits per heavy atom. The molecule has 0 aliphatic rings. The van der Waals surface area contributed by atoms with Gasteiger partial charge in [-0.15, -0.1) is 0 Å². The van der Waals surface area contributed by atoms with Crippen LogP contribution in [0.5, 0.6) is 0 Å². The number of phosphoric ester groups is 1. The third-order valence-electron chi connectivity index (χ3n) is 8.47. The van der Waals surface area contributed by atoms with Crippen molar-refractivity contribution in [3.05, 3.63) is 60.8 Å². The Balaban J connectivity index is 4.53. The predicted octanol–water partition coefficient (Wildman–Crippen LogP) is 9.55. The summed E-state index contributed by atoms with van der Waals surface area (Å²) in [5.74, 6) is -0.348. The van der Waals surface area contributed by atoms with Gasteiger partial charge >= 0.3 is 19.8 Å². The van der Waals surface area contributed by atoms with Crippen LogP contribution in [0.2, 0.25) is 0 Å². The summed E-state index contributed by atoms with van der Waals surface area (Å²) < 4.78 is 32.5. The highest BCUT2D eigenvalue weighted by atomic mass is 31.2. The van der Waals surface area contributed by atoms with Crippen LogP contribution in [0.1, 0.15) is 149 Å². The Morgan fingerprint density at radius 1 is 0.636 bits per heavy atom. The molecule has 318 valence electrons. The van der Waals surface area contributed by atoms with E-state index in [1.807, 2.05) is 12.2 Å². The molecule has 0 amide bonds. The number of unbranched alkanes of at least 4 members (excludes halogenated alkanes) is 10. The van der Waals surface area contributed by atoms with Crippen LogP contribution in [-0.4, -0.2) is 76.9 Å². The molecule has 2 unspecified atom stereocenters. The fourth-order valence-corrected chi connectivity index (χ4v) is 6.05. The number of ether oxygens (including phenoxy) is 2. The van der Waals surface area contributed by atoms with Crippen molar-refractivity contribution in [2.75, 3.05) is 26.4 Å². The number of rotatable bonds is 37. The van der Waals surface area contributed by atoms with Crippen LogP contribution in [0.15, 0.2) is 60.8 Å². The Labute approximate surface area is 332 Å². The summed E-state index contributed by atoms with van der Waals surface area (Å²) in [4.78, 5) is 34.9. The number of allylic oxidation sites excluding steroid dienone is 9. The highest BCUT2D eigenvalue weighted by Crippen LogP contribution is 2.43. The molecule has 0 saturated carbocycles. The van der Waals surface area contributed by atoms with Gasteiger partial charge < -0.3 is 29.7 Å². The minimum absolute atomic E-state index is 0.00927. The number of carbonyl (C=O) groups is 2. The second-order valence-corrected chi connectivity index (χ2v) is 15.8. The molecule has 55 heavy (non-hydrogen) atoms. The number of aliphatic hydroxyl groups excluding tert-OH is 3. The smallest absolute Gasteiger partial charge is 0.462 e. The third-order valence-corrected chi connectivity index (χ3v) is 9.42. The zero-order valence-corrected chi connectivity index (χ0v) is 35.0. The first-order chi connectivity index (χ1) is 26.5. The lowest BCUT2D eigenvalue weighted by Gasteiger charge is -2.20. The molecule has 4 N–H and O–H groups in total. The van der Waals surface area contributed by atoms with Crippen LogP contribution in [0.3, 0.4) is 0 Å². The van der Waals surface area contributed by atoms with E-state index in [2.05, 4.69) is 61.8 Å². The van der Waals surface area contributed by atoms with Gasteiger partial charge in [0.15, 0.2) is 6.10 Å². The number of hydrogen-bond acceptors (Lipinski definition) is 10. The molecule has 0 spiro atoms. The van der Waals surface area contributed by atoms with E-state index in [0.717, 1.165) is 50.9 Å². The van der Waals surface area contributed by atoms with E-state index in [9.17, 15) is 29.3 Å². The minimum Gasteiger partial charge on any atom is -0.462 e. The van der Waals surface area contributed by atoms with Gasteiger partial charge in [0.2, 0.25) is 0 Å². The third kappa shape index (κ3) is 38.3. The Morgan fingerprint density at radius 2 is 1.16 bits per heavy atom. The summed E-state index contributed by atoms with van der Waals surface area (Å²) in [7, 11) is -4.66. The topological polar surface area (TPSA) is 169 Å². The molecular formula is C43H75O11P. The first kappa shape index (κ1) is 52.6. The molecule has 0 fully saturated rings. The van der Waals surface area contributed by atoms with Gasteiger partial charge in [0.25, 0.3) is 0 Å². The molecule has 0 rings (SSSR count). The van der Waals surface area contributed by atoms with E-state index in [-0.39, 0.29) is 12.8 Å². The Hall–Kier alpha value is -2.37. The maximum Gasteiger partial charge on any atom is 0.472 e. The number of phosphoric acid groups is 1. The van der Waals surface area contributed by atoms with Gasteiger partial charge in [-0.1, -0.05) is 152 Å². The summed E-state index contributed by atoms with van der Waals surface area (Å²) in [6.45, 7) is 4.33. The van der Waals surface area contributed by atoms with Gasteiger partial charge in [-0.3, -0.25) is 18.6 Å². The van der Waals surface area contributed by atoms with Crippen molar-refractivity contribution in [2.45, 2.75) is 167 Å². The molecule has 0 bridgehead atoms. The van der Waals surface area contributed by atoms with E-state index in [1.54, 1.807) is 12.2 Å². The Bertz CT molecular complexity index is 1130. The zero-order valence-electron chi connectivity index (χ0n) is 34.1. The van der Waals surface area contributed by atoms with Crippen LogP contribution < -0.4 is 0 Å². The van der Waals surface area contributed by atoms with Gasteiger partial charge in [0.05, 0.1) is 25.9 Å². The fourth-order valence-electron chi connectivity index (χ4n) is 5.26. The summed E-state index contributed by atoms with van der Waals surface area (Å²) in [6, 6.07) is 0. The molecule has 0 aromatic rings. The lowest BCUT2D eigenvalue weighted by molar-refractivity contribution is -0.161. The molecular weight excluding hydrogens is 723 g/mol. The average Bonchev–Trinajstić information content (AvgIpc) is 3.15. The molecule has 4 atom stereocenters. The standard InChI is InChI=1S/C43H75O11P/c1-4-5-6-7-8-9-10-11-14-17-20-23-26-30-39(45)31-28-33-42(47)51-36-41(37-53-55(49,50)52-35-40(46)34-44)54-43(48)32-27-24-21-18-15-12-13-16-19-22-25-29-38(2)3/h5-6,8-9,11,14,20,23,26,30,38-41,44-46H,4,7,10,12-13,15-19,21-22,24-25,27-29,31-37H2,1-3H3,(H,49,50)/b6-5-,9-8-,14-11-,23-20-,30-26+/t39?,40-,41+/m0/s1. The molecule has 0 aliphatic carbocycles. The largest absolute Gasteiger partial charge is 0.472 e. The number of carbonyl (C=O) groups excluding carboxylic acids is 2. The van der Waals surface area contributed by atoms with Crippen LogP contribution >= 0.6 is 7.82 Å². The maximum atomic E-state index is 12.6. The van der Waals surface area contributed by atoms with E-state index < -0.39 is 64.5 Å². The van der Waals surface area contributed by atoms with Gasteiger partial charge in [-0.05, 0) is 50.9 Å². The minimum atomic E-state index is -4.66. The summed E-state index contributed by atoms with van der Waals surface area (Å²) in [6.07, 6.45) is 35.1. The van der Waals surface area contributed by atoms with E-state index in [4.69, 9.17) is 19.1 Å². The van der Waals surface area contributed by atoms with Crippen molar-refractivity contribution in [1.82, 2.24) is 0 Å². The summed E-state index contributed by atoms with van der Waals surface area (Å²) in [5.41, 5.74) is 0. The van der Waals surface area contributed by atoms with Crippen LogP contribution in [0.4, 0.5) is 0 Å². The summed E-state index contributed by atoms with van der Waals surface area (Å²) in [5, 5.41) is 28.5. The lowest BCUT2D eigenvalue weighted by Crippen LogP contribution is -2.30. The maximum absolute atomic E-state index is 12.6. The highest BCUT2D eigenvalue weighted by Gasteiger charge is 2.27. The molecule has 11 nitrogen and oxygen atoms in total. The normalized spacial score (nSPS) is 15.2. The van der Waals surface area contributed by atoms with E-state index in [1.165, 1.54) is 51.4 Å². The van der Waals surface area contributed by atoms with Gasteiger partial charge in [0, 0.05) is 12.8 Å². The van der Waals surface area contributed by atoms with E-state index >= 15 is 0 Å². The molecule has 0 heterocycles. The fraction of sp³-hybridized carbons (Fsp3) is 0.721. The molecule has 12 heteroatoms. The molecule has 0 radical (unpaired) electrons. The number of aliphatic hydroxyl groups is 3. The SMILES string of the molecule is CC/C=C\C/C=C\C/C=C\C/C=C\C=C\C(O)CCCC(=O)OC[C@H](COP(=O)(O)OC[C@@H](O)CO)OC(=O)CCCCCCCCCCCCCC(C)C. The Kier molecular flexibility index (Phi) is 35.6. The van der Waals surface area contributed by atoms with Gasteiger partial charge in [-0.25, -0.2) is 4.57 Å². The molecule has 0 aromatic heterocycles. The molecule has 0 aromatic carbocycles. The van der Waals surface area contributed by atoms with E-state index in [0.29, 0.717) is 19.3 Å². The first-order valence-corrected chi connectivity index (χ1v) is 22.2. The van der Waals surface area contributed by atoms with Crippen molar-refractivity contribution in [1.29, 1.82) is 0 Å². The second kappa shape index (κ2) is 37.2. The van der Waals surface area contributed by atoms with Crippen molar-refractivity contribution in [3.8, 4) is 0 Å². The van der Waals surface area contributed by atoms with Crippen molar-refractivity contribution >= 4 is 19.8 Å². The van der Waals surface area contributed by atoms with Crippen molar-refractivity contribution < 1.29 is 52.9 Å². The van der Waals surface area contributed by atoms with Crippen molar-refractivity contribution in [3.63, 3.8) is 0 Å². The lowest BCUT2D eigenvalue weighted by atomic mass is 10.0. The zero-order chi connectivity index (χ0) is 40.8. The first-order valence-electron chi connectivity index (χ1n) is 20.7. The molecule has 0 saturated heterocycles. The number of hydrogen-bond donors (Lipinski definition) is 4. The van der Waals surface area contributed by atoms with Crippen molar-refractivity contribution in [2.24, 2.45) is 5.92 Å². The quantitative estimate of drug-likeness (QED) is 0.0155. The highest BCUT2D eigenvalue weighted by molar-refractivity contribution is 7.47. The molecule has 0 aliphatic heterocycles. The predicted molar refractivity (Wildman–Crippen MR) is 220 cm³/mol. The summed E-state index contributed by atoms with van der Waals surface area (Å²) >= 11 is 0. The van der Waals surface area contributed by atoms with Crippen LogP contribution in [-0.2, 0) is 32.7 Å². The second-order valence-electron chi connectivity index (χ2n) is 14.3. The number of esters is 2. The van der Waals surface area contributed by atoms with Gasteiger partial charge in [-0.2, -0.15) is 0 Å². The van der Waals surface area contributed by atoms with Crippen LogP contribution in [0.25, 0.3) is 0 Å². The van der Waals surface area contributed by atoms with Crippen LogP contribution in [0, 0.1) is 5.92 Å².